The first-order valence-corrected chi connectivity index (χ1v) is 8.47. The number of rotatable bonds is 4. The molecule has 1 aromatic carbocycles. The molecule has 0 aliphatic heterocycles. The van der Waals surface area contributed by atoms with Gasteiger partial charge in [-0.1, -0.05) is 23.2 Å². The van der Waals surface area contributed by atoms with Crippen molar-refractivity contribution in [2.24, 2.45) is 5.92 Å². The molecule has 1 aliphatic rings. The van der Waals surface area contributed by atoms with Crippen LogP contribution in [0.4, 0.5) is 0 Å². The summed E-state index contributed by atoms with van der Waals surface area (Å²) in [7, 11) is 0. The van der Waals surface area contributed by atoms with Crippen molar-refractivity contribution >= 4 is 46.8 Å². The van der Waals surface area contributed by atoms with Crippen LogP contribution in [0.25, 0.3) is 0 Å². The zero-order chi connectivity index (χ0) is 15.6. The summed E-state index contributed by atoms with van der Waals surface area (Å²) in [5.41, 5.74) is 0.365. The molecule has 7 heteroatoms. The second kappa shape index (κ2) is 6.90. The number of hydrogen-bond donors (Lipinski definition) is 2. The molecule has 114 valence electrons. The smallest absolute Gasteiger partial charge is 0.306 e. The lowest BCUT2D eigenvalue weighted by molar-refractivity contribution is -0.141. The lowest BCUT2D eigenvalue weighted by atomic mass is 10.1. The molecule has 0 heterocycles. The van der Waals surface area contributed by atoms with E-state index in [9.17, 15) is 9.59 Å². The van der Waals surface area contributed by atoms with Crippen LogP contribution < -0.4 is 5.32 Å². The van der Waals surface area contributed by atoms with Gasteiger partial charge in [0.2, 0.25) is 0 Å². The average Bonchev–Trinajstić information content (AvgIpc) is 2.87. The quantitative estimate of drug-likeness (QED) is 0.815. The maximum Gasteiger partial charge on any atom is 0.306 e. The molecule has 0 spiro atoms. The van der Waals surface area contributed by atoms with Gasteiger partial charge in [-0.15, -0.1) is 11.8 Å². The predicted molar refractivity (Wildman–Crippen MR) is 84.5 cm³/mol. The molecule has 1 amide bonds. The Labute approximate surface area is 137 Å². The number of halogens is 2. The SMILES string of the molecule is CSc1cc(C(=O)N[C@H]2CC[C@@H](C(=O)O)C2)c(Cl)cc1Cl. The predicted octanol–water partition coefficient (Wildman–Crippen LogP) is 3.70. The van der Waals surface area contributed by atoms with Gasteiger partial charge in [-0.05, 0) is 37.7 Å². The van der Waals surface area contributed by atoms with Crippen molar-refractivity contribution in [2.75, 3.05) is 6.26 Å². The standard InChI is InChI=1S/C14H15Cl2NO3S/c1-21-12-5-9(10(15)6-11(12)16)13(18)17-8-3-2-7(4-8)14(19)20/h5-8H,2-4H2,1H3,(H,17,18)(H,19,20)/t7-,8+/m1/s1. The number of nitrogens with one attached hydrogen (secondary N) is 1. The Morgan fingerprint density at radius 1 is 1.29 bits per heavy atom. The number of carbonyl (C=O) groups is 2. The van der Waals surface area contributed by atoms with Crippen LogP contribution in [-0.4, -0.2) is 29.3 Å². The van der Waals surface area contributed by atoms with Crippen molar-refractivity contribution in [3.8, 4) is 0 Å². The molecule has 21 heavy (non-hydrogen) atoms. The number of thioether (sulfide) groups is 1. The summed E-state index contributed by atoms with van der Waals surface area (Å²) < 4.78 is 0. The Kier molecular flexibility index (Phi) is 5.41. The molecule has 1 aromatic rings. The maximum absolute atomic E-state index is 12.3. The summed E-state index contributed by atoms with van der Waals surface area (Å²) in [5, 5.41) is 12.6. The van der Waals surface area contributed by atoms with Crippen molar-refractivity contribution in [3.63, 3.8) is 0 Å². The molecule has 1 aliphatic carbocycles. The third-order valence-electron chi connectivity index (χ3n) is 3.60. The first-order valence-electron chi connectivity index (χ1n) is 6.49. The second-order valence-corrected chi connectivity index (χ2v) is 6.65. The van der Waals surface area contributed by atoms with E-state index in [0.29, 0.717) is 34.9 Å². The molecule has 2 rings (SSSR count). The minimum absolute atomic E-state index is 0.122. The summed E-state index contributed by atoms with van der Waals surface area (Å²) in [6, 6.07) is 3.09. The molecule has 0 bridgehead atoms. The summed E-state index contributed by atoms with van der Waals surface area (Å²) >= 11 is 13.5. The van der Waals surface area contributed by atoms with Gasteiger partial charge in [0.05, 0.1) is 21.5 Å². The van der Waals surface area contributed by atoms with Crippen molar-refractivity contribution in [1.82, 2.24) is 5.32 Å². The molecule has 1 fully saturated rings. The third-order valence-corrected chi connectivity index (χ3v) is 5.12. The molecular weight excluding hydrogens is 333 g/mol. The van der Waals surface area contributed by atoms with E-state index in [2.05, 4.69) is 5.32 Å². The lowest BCUT2D eigenvalue weighted by Gasteiger charge is -2.14. The number of aliphatic carboxylic acids is 1. The Bertz CT molecular complexity index is 580. The fourth-order valence-electron chi connectivity index (χ4n) is 2.46. The van der Waals surface area contributed by atoms with Crippen LogP contribution >= 0.6 is 35.0 Å². The molecule has 2 N–H and O–H groups in total. The van der Waals surface area contributed by atoms with Gasteiger partial charge in [0.25, 0.3) is 5.91 Å². The van der Waals surface area contributed by atoms with E-state index in [1.807, 2.05) is 6.26 Å². The number of benzene rings is 1. The van der Waals surface area contributed by atoms with Crippen LogP contribution in [0.3, 0.4) is 0 Å². The fraction of sp³-hybridized carbons (Fsp3) is 0.429. The Hall–Kier alpha value is -0.910. The van der Waals surface area contributed by atoms with Crippen LogP contribution in [-0.2, 0) is 4.79 Å². The largest absolute Gasteiger partial charge is 0.481 e. The number of carbonyl (C=O) groups excluding carboxylic acids is 1. The number of hydrogen-bond acceptors (Lipinski definition) is 3. The van der Waals surface area contributed by atoms with E-state index in [1.165, 1.54) is 11.8 Å². The number of carboxylic acid groups (broad SMARTS) is 1. The van der Waals surface area contributed by atoms with Crippen LogP contribution in [0.5, 0.6) is 0 Å². The summed E-state index contributed by atoms with van der Waals surface area (Å²) in [5.74, 6) is -1.47. The van der Waals surface area contributed by atoms with Gasteiger partial charge in [0.1, 0.15) is 0 Å². The molecule has 0 aromatic heterocycles. The first-order chi connectivity index (χ1) is 9.92. The van der Waals surface area contributed by atoms with Crippen LogP contribution in [0.2, 0.25) is 10.0 Å². The average molecular weight is 348 g/mol. The molecular formula is C14H15Cl2NO3S. The first kappa shape index (κ1) is 16.5. The van der Waals surface area contributed by atoms with E-state index in [1.54, 1.807) is 12.1 Å². The van der Waals surface area contributed by atoms with E-state index in [4.69, 9.17) is 28.3 Å². The zero-order valence-electron chi connectivity index (χ0n) is 11.4. The van der Waals surface area contributed by atoms with Crippen molar-refractivity contribution < 1.29 is 14.7 Å². The highest BCUT2D eigenvalue weighted by atomic mass is 35.5. The van der Waals surface area contributed by atoms with Gasteiger partial charge >= 0.3 is 5.97 Å². The van der Waals surface area contributed by atoms with Crippen LogP contribution in [0.15, 0.2) is 17.0 Å². The van der Waals surface area contributed by atoms with Gasteiger partial charge in [-0.2, -0.15) is 0 Å². The minimum atomic E-state index is -0.805. The van der Waals surface area contributed by atoms with Gasteiger partial charge in [-0.25, -0.2) is 0 Å². The lowest BCUT2D eigenvalue weighted by Crippen LogP contribution is -2.33. The Morgan fingerprint density at radius 2 is 2.00 bits per heavy atom. The highest BCUT2D eigenvalue weighted by Crippen LogP contribution is 2.32. The molecule has 0 saturated heterocycles. The van der Waals surface area contributed by atoms with Crippen molar-refractivity contribution in [1.29, 1.82) is 0 Å². The van der Waals surface area contributed by atoms with Gasteiger partial charge in [-0.3, -0.25) is 9.59 Å². The van der Waals surface area contributed by atoms with Crippen LogP contribution in [0.1, 0.15) is 29.6 Å². The molecule has 0 unspecified atom stereocenters. The molecule has 4 nitrogen and oxygen atoms in total. The highest BCUT2D eigenvalue weighted by Gasteiger charge is 2.31. The Balaban J connectivity index is 2.09. The molecule has 0 radical (unpaired) electrons. The number of carboxylic acids is 1. The Morgan fingerprint density at radius 3 is 2.57 bits per heavy atom. The minimum Gasteiger partial charge on any atom is -0.481 e. The van der Waals surface area contributed by atoms with Crippen LogP contribution in [0, 0.1) is 5.92 Å². The van der Waals surface area contributed by atoms with Gasteiger partial charge < -0.3 is 10.4 Å². The zero-order valence-corrected chi connectivity index (χ0v) is 13.7. The fourth-order valence-corrected chi connectivity index (χ4v) is 3.65. The number of amides is 1. The van der Waals surface area contributed by atoms with Gasteiger partial charge in [0, 0.05) is 10.9 Å². The maximum atomic E-state index is 12.3. The van der Waals surface area contributed by atoms with E-state index in [0.717, 1.165) is 4.90 Å². The van der Waals surface area contributed by atoms with E-state index < -0.39 is 5.97 Å². The highest BCUT2D eigenvalue weighted by molar-refractivity contribution is 7.98. The monoisotopic (exact) mass is 347 g/mol. The third kappa shape index (κ3) is 3.84. The summed E-state index contributed by atoms with van der Waals surface area (Å²) in [6.07, 6.45) is 3.58. The van der Waals surface area contributed by atoms with E-state index in [-0.39, 0.29) is 17.9 Å². The normalized spacial score (nSPS) is 21.3. The van der Waals surface area contributed by atoms with E-state index >= 15 is 0 Å². The van der Waals surface area contributed by atoms with Crippen molar-refractivity contribution in [3.05, 3.63) is 27.7 Å². The second-order valence-electron chi connectivity index (χ2n) is 4.99. The summed E-state index contributed by atoms with van der Waals surface area (Å²) in [4.78, 5) is 24.0. The summed E-state index contributed by atoms with van der Waals surface area (Å²) in [6.45, 7) is 0. The van der Waals surface area contributed by atoms with Gasteiger partial charge in [0.15, 0.2) is 0 Å². The molecule has 2 atom stereocenters. The molecule has 1 saturated carbocycles. The van der Waals surface area contributed by atoms with Crippen molar-refractivity contribution in [2.45, 2.75) is 30.2 Å². The topological polar surface area (TPSA) is 66.4 Å².